The molecule has 0 heterocycles. The summed E-state index contributed by atoms with van der Waals surface area (Å²) < 4.78 is 29.6. The van der Waals surface area contributed by atoms with Crippen LogP contribution in [0, 0.1) is 5.92 Å². The van der Waals surface area contributed by atoms with Crippen molar-refractivity contribution in [2.45, 2.75) is 32.7 Å². The third kappa shape index (κ3) is 5.97. The summed E-state index contributed by atoms with van der Waals surface area (Å²) in [5.41, 5.74) is 0. The van der Waals surface area contributed by atoms with E-state index < -0.39 is 33.8 Å². The number of carbonyl (C=O) groups is 2. The fourth-order valence-corrected chi connectivity index (χ4v) is 2.49. The summed E-state index contributed by atoms with van der Waals surface area (Å²) in [6, 6.07) is -1.18. The van der Waals surface area contributed by atoms with Gasteiger partial charge in [0.15, 0.2) is 0 Å². The first-order valence-corrected chi connectivity index (χ1v) is 7.18. The largest absolute Gasteiger partial charge is 0.480 e. The van der Waals surface area contributed by atoms with Crippen molar-refractivity contribution in [3.63, 3.8) is 0 Å². The normalized spacial score (nSPS) is 14.8. The third-order valence-corrected chi connectivity index (χ3v) is 3.94. The molecule has 106 valence electrons. The SMILES string of the molecule is CCC(C)C(NS(=O)(=O)CCC(=O)OC)C(=O)O. The summed E-state index contributed by atoms with van der Waals surface area (Å²) in [5.74, 6) is -2.71. The van der Waals surface area contributed by atoms with Crippen molar-refractivity contribution in [1.82, 2.24) is 4.72 Å². The lowest BCUT2D eigenvalue weighted by Crippen LogP contribution is -2.45. The van der Waals surface area contributed by atoms with Crippen molar-refractivity contribution in [2.75, 3.05) is 12.9 Å². The number of ether oxygens (including phenoxy) is 1. The molecule has 8 heteroatoms. The average molecular weight is 281 g/mol. The predicted octanol–water partition coefficient (Wildman–Crippen LogP) is -0.0318. The molecule has 18 heavy (non-hydrogen) atoms. The molecular weight excluding hydrogens is 262 g/mol. The fraction of sp³-hybridized carbons (Fsp3) is 0.800. The zero-order valence-corrected chi connectivity index (χ0v) is 11.5. The second kappa shape index (κ2) is 7.32. The molecule has 0 bridgehead atoms. The van der Waals surface area contributed by atoms with Crippen molar-refractivity contribution in [3.05, 3.63) is 0 Å². The van der Waals surface area contributed by atoms with Crippen LogP contribution >= 0.6 is 0 Å². The molecule has 2 atom stereocenters. The number of hydrogen-bond donors (Lipinski definition) is 2. The van der Waals surface area contributed by atoms with Crippen LogP contribution in [0.1, 0.15) is 26.7 Å². The summed E-state index contributed by atoms with van der Waals surface area (Å²) in [5, 5.41) is 8.94. The Labute approximate surface area is 107 Å². The number of carboxylic acid groups (broad SMARTS) is 1. The first-order valence-electron chi connectivity index (χ1n) is 5.53. The van der Waals surface area contributed by atoms with Gasteiger partial charge < -0.3 is 9.84 Å². The van der Waals surface area contributed by atoms with Crippen LogP contribution in [-0.4, -0.2) is 44.4 Å². The minimum Gasteiger partial charge on any atom is -0.480 e. The number of esters is 1. The molecule has 0 saturated carbocycles. The minimum atomic E-state index is -3.82. The number of rotatable bonds is 8. The number of methoxy groups -OCH3 is 1. The Balaban J connectivity index is 4.62. The number of carbonyl (C=O) groups excluding carboxylic acids is 1. The van der Waals surface area contributed by atoms with Crippen LogP contribution in [-0.2, 0) is 24.3 Å². The lowest BCUT2D eigenvalue weighted by atomic mass is 10.0. The van der Waals surface area contributed by atoms with Gasteiger partial charge in [0.1, 0.15) is 6.04 Å². The Morgan fingerprint density at radius 3 is 2.33 bits per heavy atom. The number of nitrogens with one attached hydrogen (secondary N) is 1. The Kier molecular flexibility index (Phi) is 6.85. The highest BCUT2D eigenvalue weighted by Crippen LogP contribution is 2.09. The van der Waals surface area contributed by atoms with E-state index in [1.54, 1.807) is 13.8 Å². The van der Waals surface area contributed by atoms with E-state index in [4.69, 9.17) is 5.11 Å². The van der Waals surface area contributed by atoms with Crippen molar-refractivity contribution in [2.24, 2.45) is 5.92 Å². The monoisotopic (exact) mass is 281 g/mol. The Bertz CT molecular complexity index is 391. The standard InChI is InChI=1S/C10H19NO6S/c1-4-7(2)9(10(13)14)11-18(15,16)6-5-8(12)17-3/h7,9,11H,4-6H2,1-3H3,(H,13,14). The molecule has 2 N–H and O–H groups in total. The smallest absolute Gasteiger partial charge is 0.322 e. The fourth-order valence-electron chi connectivity index (χ4n) is 1.22. The number of hydrogen-bond acceptors (Lipinski definition) is 5. The highest BCUT2D eigenvalue weighted by Gasteiger charge is 2.28. The molecule has 0 aromatic heterocycles. The molecule has 0 saturated heterocycles. The molecule has 7 nitrogen and oxygen atoms in total. The molecule has 0 aromatic carbocycles. The van der Waals surface area contributed by atoms with E-state index in [9.17, 15) is 18.0 Å². The highest BCUT2D eigenvalue weighted by molar-refractivity contribution is 7.89. The van der Waals surface area contributed by atoms with Gasteiger partial charge in [0, 0.05) is 0 Å². The number of aliphatic carboxylic acids is 1. The van der Waals surface area contributed by atoms with Crippen molar-refractivity contribution < 1.29 is 27.9 Å². The van der Waals surface area contributed by atoms with Crippen LogP contribution in [0.15, 0.2) is 0 Å². The van der Waals surface area contributed by atoms with E-state index in [0.29, 0.717) is 6.42 Å². The maximum atomic E-state index is 11.6. The molecule has 0 aliphatic heterocycles. The van der Waals surface area contributed by atoms with Gasteiger partial charge in [0.05, 0.1) is 19.3 Å². The lowest BCUT2D eigenvalue weighted by Gasteiger charge is -2.19. The molecule has 0 aliphatic carbocycles. The first kappa shape index (κ1) is 16.9. The molecule has 0 radical (unpaired) electrons. The number of sulfonamides is 1. The van der Waals surface area contributed by atoms with Gasteiger partial charge in [-0.2, -0.15) is 0 Å². The van der Waals surface area contributed by atoms with E-state index in [0.717, 1.165) is 7.11 Å². The van der Waals surface area contributed by atoms with Gasteiger partial charge in [-0.1, -0.05) is 20.3 Å². The van der Waals surface area contributed by atoms with Crippen LogP contribution in [0.3, 0.4) is 0 Å². The van der Waals surface area contributed by atoms with E-state index in [1.807, 2.05) is 0 Å². The Hall–Kier alpha value is -1.15. The predicted molar refractivity (Wildman–Crippen MR) is 64.4 cm³/mol. The molecule has 2 unspecified atom stereocenters. The van der Waals surface area contributed by atoms with Crippen molar-refractivity contribution in [1.29, 1.82) is 0 Å². The summed E-state index contributed by atoms with van der Waals surface area (Å²) in [7, 11) is -2.66. The zero-order valence-electron chi connectivity index (χ0n) is 10.7. The van der Waals surface area contributed by atoms with Crippen molar-refractivity contribution in [3.8, 4) is 0 Å². The van der Waals surface area contributed by atoms with E-state index >= 15 is 0 Å². The molecule has 0 aromatic rings. The van der Waals surface area contributed by atoms with Gasteiger partial charge in [-0.05, 0) is 5.92 Å². The van der Waals surface area contributed by atoms with Gasteiger partial charge in [0.25, 0.3) is 0 Å². The summed E-state index contributed by atoms with van der Waals surface area (Å²) in [6.07, 6.45) is 0.217. The maximum absolute atomic E-state index is 11.6. The second-order valence-electron chi connectivity index (χ2n) is 3.96. The van der Waals surface area contributed by atoms with Crippen LogP contribution in [0.5, 0.6) is 0 Å². The van der Waals surface area contributed by atoms with Gasteiger partial charge >= 0.3 is 11.9 Å². The zero-order chi connectivity index (χ0) is 14.3. The molecule has 0 aliphatic rings. The van der Waals surface area contributed by atoms with Gasteiger partial charge in [-0.15, -0.1) is 0 Å². The highest BCUT2D eigenvalue weighted by atomic mass is 32.2. The summed E-state index contributed by atoms with van der Waals surface area (Å²) in [4.78, 5) is 21.8. The Morgan fingerprint density at radius 2 is 1.94 bits per heavy atom. The maximum Gasteiger partial charge on any atom is 0.322 e. The lowest BCUT2D eigenvalue weighted by molar-refractivity contribution is -0.140. The molecule has 0 fully saturated rings. The second-order valence-corrected chi connectivity index (χ2v) is 5.84. The number of carboxylic acids is 1. The van der Waals surface area contributed by atoms with E-state index in [-0.39, 0.29) is 12.3 Å². The van der Waals surface area contributed by atoms with Gasteiger partial charge in [-0.25, -0.2) is 13.1 Å². The quantitative estimate of drug-likeness (QED) is 0.604. The van der Waals surface area contributed by atoms with E-state index in [1.165, 1.54) is 0 Å². The topological polar surface area (TPSA) is 110 Å². The first-order chi connectivity index (χ1) is 8.23. The molecule has 0 amide bonds. The van der Waals surface area contributed by atoms with E-state index in [2.05, 4.69) is 9.46 Å². The van der Waals surface area contributed by atoms with Crippen molar-refractivity contribution >= 4 is 22.0 Å². The van der Waals surface area contributed by atoms with Gasteiger partial charge in [0.2, 0.25) is 10.0 Å². The van der Waals surface area contributed by atoms with Crippen LogP contribution in [0.25, 0.3) is 0 Å². The molecule has 0 spiro atoms. The third-order valence-electron chi connectivity index (χ3n) is 2.59. The average Bonchev–Trinajstić information content (AvgIpc) is 2.31. The van der Waals surface area contributed by atoms with Crippen LogP contribution in [0.4, 0.5) is 0 Å². The minimum absolute atomic E-state index is 0.307. The van der Waals surface area contributed by atoms with Gasteiger partial charge in [-0.3, -0.25) is 9.59 Å². The summed E-state index contributed by atoms with van der Waals surface area (Å²) in [6.45, 7) is 3.41. The molecular formula is C10H19NO6S. The Morgan fingerprint density at radius 1 is 1.39 bits per heavy atom. The van der Waals surface area contributed by atoms with Crippen LogP contribution in [0.2, 0.25) is 0 Å². The molecule has 0 rings (SSSR count). The van der Waals surface area contributed by atoms with Crippen LogP contribution < -0.4 is 4.72 Å². The summed E-state index contributed by atoms with van der Waals surface area (Å²) >= 11 is 0.